The third kappa shape index (κ3) is 3.22. The maximum absolute atomic E-state index is 13.3. The van der Waals surface area contributed by atoms with Gasteiger partial charge in [-0.1, -0.05) is 12.1 Å². The maximum atomic E-state index is 13.3. The summed E-state index contributed by atoms with van der Waals surface area (Å²) in [5.41, 5.74) is 0.831. The van der Waals surface area contributed by atoms with E-state index in [1.165, 1.54) is 12.1 Å². The zero-order chi connectivity index (χ0) is 12.3. The van der Waals surface area contributed by atoms with E-state index in [1.807, 2.05) is 6.08 Å². The first-order valence-corrected chi connectivity index (χ1v) is 5.78. The van der Waals surface area contributed by atoms with Crippen LogP contribution < -0.4 is 5.32 Å². The van der Waals surface area contributed by atoms with E-state index in [0.29, 0.717) is 0 Å². The van der Waals surface area contributed by atoms with E-state index >= 15 is 0 Å². The van der Waals surface area contributed by atoms with E-state index < -0.39 is 5.82 Å². The third-order valence-corrected chi connectivity index (χ3v) is 3.08. The molecule has 0 bridgehead atoms. The van der Waals surface area contributed by atoms with Crippen LogP contribution in [0.15, 0.2) is 30.9 Å². The molecule has 0 unspecified atom stereocenters. The second-order valence-corrected chi connectivity index (χ2v) is 4.18. The van der Waals surface area contributed by atoms with Crippen molar-refractivity contribution in [1.29, 1.82) is 0 Å². The van der Waals surface area contributed by atoms with Crippen molar-refractivity contribution < 1.29 is 9.50 Å². The molecule has 3 nitrogen and oxygen atoms in total. The summed E-state index contributed by atoms with van der Waals surface area (Å²) in [6.45, 7) is 7.52. The number of hydrogen-bond donors (Lipinski definition) is 2. The van der Waals surface area contributed by atoms with Crippen molar-refractivity contribution in [2.45, 2.75) is 6.04 Å². The number of aromatic hydroxyl groups is 1. The Morgan fingerprint density at radius 1 is 1.39 bits per heavy atom. The van der Waals surface area contributed by atoms with Crippen LogP contribution in [0.5, 0.6) is 5.75 Å². The van der Waals surface area contributed by atoms with E-state index in [4.69, 9.17) is 0 Å². The van der Waals surface area contributed by atoms with Gasteiger partial charge in [0.05, 0.1) is 6.04 Å². The minimum atomic E-state index is -0.579. The van der Waals surface area contributed by atoms with Gasteiger partial charge in [-0.05, 0) is 17.7 Å². The highest BCUT2D eigenvalue weighted by molar-refractivity contribution is 5.85. The number of hydrogen-bond acceptors (Lipinski definition) is 3. The lowest BCUT2D eigenvalue weighted by Crippen LogP contribution is -2.44. The van der Waals surface area contributed by atoms with Gasteiger partial charge in [-0.25, -0.2) is 4.39 Å². The average molecular weight is 273 g/mol. The third-order valence-electron chi connectivity index (χ3n) is 3.08. The van der Waals surface area contributed by atoms with Gasteiger partial charge in [0.15, 0.2) is 11.6 Å². The summed E-state index contributed by atoms with van der Waals surface area (Å²) in [4.78, 5) is 2.25. The lowest BCUT2D eigenvalue weighted by atomic mass is 10.0. The largest absolute Gasteiger partial charge is 0.505 e. The van der Waals surface area contributed by atoms with E-state index in [1.54, 1.807) is 6.07 Å². The van der Waals surface area contributed by atoms with Crippen LogP contribution in [0.25, 0.3) is 0 Å². The van der Waals surface area contributed by atoms with Gasteiger partial charge in [-0.2, -0.15) is 0 Å². The normalized spacial score (nSPS) is 17.8. The SMILES string of the molecule is C=C[C@H](c1ccc(O)c(F)c1)N1CCNCC1.Cl. The van der Waals surface area contributed by atoms with Crippen molar-refractivity contribution in [3.05, 3.63) is 42.2 Å². The first-order chi connectivity index (χ1) is 8.22. The molecule has 1 saturated heterocycles. The van der Waals surface area contributed by atoms with Gasteiger partial charge in [-0.15, -0.1) is 19.0 Å². The first-order valence-electron chi connectivity index (χ1n) is 5.78. The summed E-state index contributed by atoms with van der Waals surface area (Å²) in [5.74, 6) is -0.888. The first kappa shape index (κ1) is 15.0. The van der Waals surface area contributed by atoms with Gasteiger partial charge in [0.2, 0.25) is 0 Å². The Morgan fingerprint density at radius 3 is 2.61 bits per heavy atom. The molecule has 1 fully saturated rings. The molecule has 2 rings (SSSR count). The number of nitrogens with zero attached hydrogens (tertiary/aromatic N) is 1. The highest BCUT2D eigenvalue weighted by Crippen LogP contribution is 2.26. The number of phenolic OH excluding ortho intramolecular Hbond substituents is 1. The Morgan fingerprint density at radius 2 is 2.06 bits per heavy atom. The van der Waals surface area contributed by atoms with E-state index in [9.17, 15) is 9.50 Å². The van der Waals surface area contributed by atoms with Gasteiger partial charge in [0, 0.05) is 26.2 Å². The molecule has 5 heteroatoms. The topological polar surface area (TPSA) is 35.5 Å². The van der Waals surface area contributed by atoms with E-state index in [-0.39, 0.29) is 24.2 Å². The number of halogens is 2. The molecule has 0 spiro atoms. The predicted molar refractivity (Wildman–Crippen MR) is 72.7 cm³/mol. The van der Waals surface area contributed by atoms with Crippen LogP contribution in [-0.4, -0.2) is 36.2 Å². The van der Waals surface area contributed by atoms with Crippen LogP contribution in [0.1, 0.15) is 11.6 Å². The van der Waals surface area contributed by atoms with Crippen molar-refractivity contribution in [1.82, 2.24) is 10.2 Å². The smallest absolute Gasteiger partial charge is 0.165 e. The molecule has 1 atom stereocenters. The summed E-state index contributed by atoms with van der Waals surface area (Å²) in [6.07, 6.45) is 1.82. The Bertz CT molecular complexity index is 408. The molecule has 1 aliphatic rings. The van der Waals surface area contributed by atoms with E-state index in [2.05, 4.69) is 16.8 Å². The Balaban J connectivity index is 0.00000162. The van der Waals surface area contributed by atoms with Crippen molar-refractivity contribution in [3.8, 4) is 5.75 Å². The fraction of sp³-hybridized carbons (Fsp3) is 0.385. The molecule has 1 aromatic rings. The molecular weight excluding hydrogens is 255 g/mol. The number of rotatable bonds is 3. The molecule has 0 aliphatic carbocycles. The summed E-state index contributed by atoms with van der Waals surface area (Å²) in [7, 11) is 0. The minimum absolute atomic E-state index is 0. The maximum Gasteiger partial charge on any atom is 0.165 e. The molecule has 1 heterocycles. The lowest BCUT2D eigenvalue weighted by molar-refractivity contribution is 0.203. The van der Waals surface area contributed by atoms with Gasteiger partial charge in [0.1, 0.15) is 0 Å². The van der Waals surface area contributed by atoms with Crippen molar-refractivity contribution in [2.24, 2.45) is 0 Å². The van der Waals surface area contributed by atoms with Crippen LogP contribution in [0, 0.1) is 5.82 Å². The molecule has 1 aliphatic heterocycles. The zero-order valence-corrected chi connectivity index (χ0v) is 10.9. The molecule has 2 N–H and O–H groups in total. The van der Waals surface area contributed by atoms with Crippen LogP contribution in [0.2, 0.25) is 0 Å². The number of nitrogens with one attached hydrogen (secondary N) is 1. The minimum Gasteiger partial charge on any atom is -0.505 e. The molecule has 0 amide bonds. The molecule has 0 radical (unpaired) electrons. The van der Waals surface area contributed by atoms with Crippen LogP contribution in [0.3, 0.4) is 0 Å². The predicted octanol–water partition coefficient (Wildman–Crippen LogP) is 2.09. The van der Waals surface area contributed by atoms with Crippen molar-refractivity contribution >= 4 is 12.4 Å². The molecule has 100 valence electrons. The van der Waals surface area contributed by atoms with Crippen molar-refractivity contribution in [3.63, 3.8) is 0 Å². The number of benzene rings is 1. The number of piperazine rings is 1. The summed E-state index contributed by atoms with van der Waals surface area (Å²) >= 11 is 0. The molecule has 18 heavy (non-hydrogen) atoms. The molecule has 1 aromatic carbocycles. The highest BCUT2D eigenvalue weighted by atomic mass is 35.5. The van der Waals surface area contributed by atoms with Crippen molar-refractivity contribution in [2.75, 3.05) is 26.2 Å². The Labute approximate surface area is 113 Å². The molecular formula is C13H18ClFN2O. The fourth-order valence-corrected chi connectivity index (χ4v) is 2.16. The van der Waals surface area contributed by atoms with Gasteiger partial charge in [-0.3, -0.25) is 4.90 Å². The van der Waals surface area contributed by atoms with Crippen LogP contribution in [0.4, 0.5) is 4.39 Å². The van der Waals surface area contributed by atoms with Gasteiger partial charge >= 0.3 is 0 Å². The standard InChI is InChI=1S/C13H17FN2O.ClH/c1-2-12(16-7-5-15-6-8-16)10-3-4-13(17)11(14)9-10;/h2-4,9,12,15,17H,1,5-8H2;1H/t12-;/m1./s1. The lowest BCUT2D eigenvalue weighted by Gasteiger charge is -2.33. The zero-order valence-electron chi connectivity index (χ0n) is 10.1. The fourth-order valence-electron chi connectivity index (χ4n) is 2.16. The monoisotopic (exact) mass is 272 g/mol. The number of phenols is 1. The highest BCUT2D eigenvalue weighted by Gasteiger charge is 2.20. The van der Waals surface area contributed by atoms with Gasteiger partial charge < -0.3 is 10.4 Å². The summed E-state index contributed by atoms with van der Waals surface area (Å²) in [6, 6.07) is 4.52. The second kappa shape index (κ2) is 6.73. The van der Waals surface area contributed by atoms with Crippen LogP contribution >= 0.6 is 12.4 Å². The quantitative estimate of drug-likeness (QED) is 0.827. The second-order valence-electron chi connectivity index (χ2n) is 4.18. The Hall–Kier alpha value is -1.10. The molecule has 0 saturated carbocycles. The van der Waals surface area contributed by atoms with E-state index in [0.717, 1.165) is 31.7 Å². The average Bonchev–Trinajstić information content (AvgIpc) is 2.36. The molecule has 0 aromatic heterocycles. The summed E-state index contributed by atoms with van der Waals surface area (Å²) in [5, 5.41) is 12.5. The Kier molecular flexibility index (Phi) is 5.59. The summed E-state index contributed by atoms with van der Waals surface area (Å²) < 4.78 is 13.3. The van der Waals surface area contributed by atoms with Gasteiger partial charge in [0.25, 0.3) is 0 Å². The van der Waals surface area contributed by atoms with Crippen LogP contribution in [-0.2, 0) is 0 Å².